The van der Waals surface area contributed by atoms with E-state index >= 15 is 0 Å². The minimum atomic E-state index is 0.711. The lowest BCUT2D eigenvalue weighted by Crippen LogP contribution is -1.92. The topological polar surface area (TPSA) is 212 Å². The van der Waals surface area contributed by atoms with Gasteiger partial charge in [0.25, 0.3) is 0 Å². The van der Waals surface area contributed by atoms with E-state index < -0.39 is 0 Å². The van der Waals surface area contributed by atoms with Crippen LogP contribution in [0.3, 0.4) is 0 Å². The highest BCUT2D eigenvalue weighted by atomic mass is 16.2. The van der Waals surface area contributed by atoms with Gasteiger partial charge in [0.2, 0.25) is 0 Å². The molecule has 0 spiro atoms. The maximum atomic E-state index is 7.00. The summed E-state index contributed by atoms with van der Waals surface area (Å²) < 4.78 is 6.42. The third kappa shape index (κ3) is 19.0. The third-order valence-electron chi connectivity index (χ3n) is 2.98. The van der Waals surface area contributed by atoms with Crippen molar-refractivity contribution in [1.82, 2.24) is 90.6 Å². The Morgan fingerprint density at radius 1 is 0.639 bits per heavy atom. The van der Waals surface area contributed by atoms with Gasteiger partial charge in [-0.25, -0.2) is 9.36 Å². The first kappa shape index (κ1) is 33.6. The zero-order valence-electron chi connectivity index (χ0n) is 22.4. The molecule has 0 aliphatic carbocycles. The molecule has 5 aromatic rings. The Bertz CT molecular complexity index is 942. The van der Waals surface area contributed by atoms with Gasteiger partial charge >= 0.3 is 0 Å². The van der Waals surface area contributed by atoms with Gasteiger partial charge in [0.05, 0.1) is 19.4 Å². The van der Waals surface area contributed by atoms with E-state index in [0.717, 1.165) is 12.9 Å². The highest BCUT2D eigenvalue weighted by molar-refractivity contribution is 4.69. The van der Waals surface area contributed by atoms with Crippen LogP contribution in [-0.2, 0) is 35.2 Å². The molecule has 1 N–H and O–H groups in total. The number of aliphatic hydroxyl groups excluding tert-OH is 1. The molecule has 200 valence electrons. The fraction of sp³-hybridized carbons (Fsp3) is 0.588. The fourth-order valence-electron chi connectivity index (χ4n) is 1.39. The smallest absolute Gasteiger partial charge is 0.171 e. The summed E-state index contributed by atoms with van der Waals surface area (Å²) in [7, 11) is 9.95. The molecule has 0 radical (unpaired) electrons. The van der Waals surface area contributed by atoms with Gasteiger partial charge in [0, 0.05) is 47.7 Å². The number of tetrazole rings is 3. The second-order valence-electron chi connectivity index (χ2n) is 5.81. The van der Waals surface area contributed by atoms with Crippen molar-refractivity contribution < 1.29 is 5.11 Å². The van der Waals surface area contributed by atoms with Gasteiger partial charge in [-0.15, -0.1) is 30.6 Å². The van der Waals surface area contributed by atoms with Crippen LogP contribution in [0.1, 0.15) is 25.5 Å². The van der Waals surface area contributed by atoms with E-state index in [-0.39, 0.29) is 0 Å². The molecule has 0 aliphatic heterocycles. The lowest BCUT2D eigenvalue weighted by atomic mass is 10.7. The molecule has 0 fully saturated rings. The Hall–Kier alpha value is -4.55. The standard InChI is InChI=1S/2C3H6N4.2C3H5N3.C2H4N4.C2H6.CH4O/c1-3-4-5-6-7(3)2;1-3-4-6-7(2)5-3;2*1-6-3-2-4-5-6;1-6-2-3-4-5-6;2*1-2/h2*1-2H3;2*2-3H,1H3;2H,1H3;1-2H3;2H,1H3. The van der Waals surface area contributed by atoms with E-state index in [4.69, 9.17) is 5.11 Å². The van der Waals surface area contributed by atoms with Crippen LogP contribution in [0.5, 0.6) is 0 Å². The number of aryl methyl sites for hydroxylation is 7. The lowest BCUT2D eigenvalue weighted by molar-refractivity contribution is 0.399. The molecule has 0 saturated carbocycles. The number of hydrogen-bond donors (Lipinski definition) is 1. The van der Waals surface area contributed by atoms with Crippen molar-refractivity contribution in [3.8, 4) is 0 Å². The first-order valence-electron chi connectivity index (χ1n) is 10.4. The maximum absolute atomic E-state index is 7.00. The van der Waals surface area contributed by atoms with E-state index in [1.54, 1.807) is 66.9 Å². The van der Waals surface area contributed by atoms with Crippen LogP contribution < -0.4 is 0 Å². The zero-order valence-corrected chi connectivity index (χ0v) is 22.4. The molecule has 0 bridgehead atoms. The van der Waals surface area contributed by atoms with Gasteiger partial charge in [-0.05, 0) is 39.9 Å². The molecule has 5 aromatic heterocycles. The van der Waals surface area contributed by atoms with Crippen LogP contribution in [0.25, 0.3) is 0 Å². The molecule has 19 heteroatoms. The number of aliphatic hydroxyl groups is 1. The van der Waals surface area contributed by atoms with Crippen molar-refractivity contribution in [1.29, 1.82) is 0 Å². The summed E-state index contributed by atoms with van der Waals surface area (Å²) >= 11 is 0. The monoisotopic (exact) mass is 508 g/mol. The van der Waals surface area contributed by atoms with E-state index in [1.165, 1.54) is 15.8 Å². The zero-order chi connectivity index (χ0) is 27.8. The maximum Gasteiger partial charge on any atom is 0.171 e. The van der Waals surface area contributed by atoms with Gasteiger partial charge in [-0.1, -0.05) is 24.3 Å². The minimum absolute atomic E-state index is 0.711. The molecule has 0 amide bonds. The first-order chi connectivity index (χ1) is 17.3. The average molecular weight is 509 g/mol. The lowest BCUT2D eigenvalue weighted by Gasteiger charge is -1.81. The fourth-order valence-corrected chi connectivity index (χ4v) is 1.39. The van der Waals surface area contributed by atoms with Crippen molar-refractivity contribution in [3.63, 3.8) is 0 Å². The summed E-state index contributed by atoms with van der Waals surface area (Å²) in [5, 5.41) is 53.0. The molecule has 0 aromatic carbocycles. The molecular formula is C17H36N18O. The number of nitrogens with zero attached hydrogens (tertiary/aromatic N) is 18. The largest absolute Gasteiger partial charge is 0.400 e. The van der Waals surface area contributed by atoms with Crippen LogP contribution in [0, 0.1) is 13.8 Å². The predicted molar refractivity (Wildman–Crippen MR) is 127 cm³/mol. The quantitative estimate of drug-likeness (QED) is 0.252. The van der Waals surface area contributed by atoms with Crippen molar-refractivity contribution in [2.45, 2.75) is 27.7 Å². The van der Waals surface area contributed by atoms with Gasteiger partial charge < -0.3 is 5.11 Å². The molecule has 5 heterocycles. The molecule has 5 rings (SSSR count). The van der Waals surface area contributed by atoms with E-state index in [1.807, 2.05) is 34.9 Å². The predicted octanol–water partition coefficient (Wildman–Crippen LogP) is -1.49. The Labute approximate surface area is 209 Å². The van der Waals surface area contributed by atoms with Crippen LogP contribution in [0.15, 0.2) is 31.1 Å². The van der Waals surface area contributed by atoms with Crippen molar-refractivity contribution in [2.24, 2.45) is 35.2 Å². The molecule has 0 atom stereocenters. The van der Waals surface area contributed by atoms with Gasteiger partial charge in [-0.2, -0.15) is 4.80 Å². The van der Waals surface area contributed by atoms with Gasteiger partial charge in [-0.3, -0.25) is 9.36 Å². The summed E-state index contributed by atoms with van der Waals surface area (Å²) in [6, 6.07) is 0. The SMILES string of the molecule is CC.CO.Cc1nnn(C)n1.Cc1nnnn1C.Cn1ccnn1.Cn1ccnn1.Cn1cnnn1. The van der Waals surface area contributed by atoms with E-state index in [9.17, 15) is 0 Å². The summed E-state index contributed by atoms with van der Waals surface area (Å²) in [5.74, 6) is 1.54. The molecule has 19 nitrogen and oxygen atoms in total. The molecule has 0 unspecified atom stereocenters. The Balaban J connectivity index is 0. The Morgan fingerprint density at radius 3 is 1.31 bits per heavy atom. The third-order valence-corrected chi connectivity index (χ3v) is 2.98. The van der Waals surface area contributed by atoms with Crippen LogP contribution >= 0.6 is 0 Å². The van der Waals surface area contributed by atoms with Gasteiger partial charge in [0.1, 0.15) is 12.2 Å². The van der Waals surface area contributed by atoms with Crippen molar-refractivity contribution in [2.75, 3.05) is 7.11 Å². The summed E-state index contributed by atoms with van der Waals surface area (Å²) in [6.45, 7) is 7.65. The average Bonchev–Trinajstić information content (AvgIpc) is 3.72. The minimum Gasteiger partial charge on any atom is -0.400 e. The van der Waals surface area contributed by atoms with E-state index in [0.29, 0.717) is 5.82 Å². The number of aromatic nitrogens is 18. The molecule has 0 aliphatic rings. The van der Waals surface area contributed by atoms with Crippen LogP contribution in [0.4, 0.5) is 0 Å². The first-order valence-corrected chi connectivity index (χ1v) is 10.4. The van der Waals surface area contributed by atoms with Crippen molar-refractivity contribution in [3.05, 3.63) is 42.8 Å². The Morgan fingerprint density at radius 2 is 1.19 bits per heavy atom. The highest BCUT2D eigenvalue weighted by Gasteiger charge is 1.87. The van der Waals surface area contributed by atoms with E-state index in [2.05, 4.69) is 67.1 Å². The summed E-state index contributed by atoms with van der Waals surface area (Å²) in [4.78, 5) is 1.43. The van der Waals surface area contributed by atoms with Gasteiger partial charge in [0.15, 0.2) is 5.82 Å². The summed E-state index contributed by atoms with van der Waals surface area (Å²) in [5.41, 5.74) is 0. The van der Waals surface area contributed by atoms with Crippen molar-refractivity contribution >= 4 is 0 Å². The van der Waals surface area contributed by atoms with Crippen LogP contribution in [-0.4, -0.2) is 103 Å². The highest BCUT2D eigenvalue weighted by Crippen LogP contribution is 1.78. The number of rotatable bonds is 0. The molecular weight excluding hydrogens is 472 g/mol. The second kappa shape index (κ2) is 22.3. The summed E-state index contributed by atoms with van der Waals surface area (Å²) in [6.07, 6.45) is 8.36. The Kier molecular flexibility index (Phi) is 20.8. The normalized spacial score (nSPS) is 8.42. The molecule has 36 heavy (non-hydrogen) atoms. The second-order valence-corrected chi connectivity index (χ2v) is 5.81. The van der Waals surface area contributed by atoms with Crippen LogP contribution in [0.2, 0.25) is 0 Å². The number of hydrogen-bond acceptors (Lipinski definition) is 14. The molecule has 0 saturated heterocycles.